The summed E-state index contributed by atoms with van der Waals surface area (Å²) in [6, 6.07) is 4.25. The van der Waals surface area contributed by atoms with Gasteiger partial charge >= 0.3 is 5.97 Å². The first kappa shape index (κ1) is 20.1. The molecular formula is C17H18Cl2N6O3. The number of carboxylic acids is 1. The summed E-state index contributed by atoms with van der Waals surface area (Å²) < 4.78 is 0. The van der Waals surface area contributed by atoms with Crippen LogP contribution in [0.5, 0.6) is 0 Å². The number of aromatic amines is 1. The van der Waals surface area contributed by atoms with Crippen molar-refractivity contribution in [3.8, 4) is 0 Å². The molecule has 2 unspecified atom stereocenters. The molecule has 0 radical (unpaired) electrons. The Morgan fingerprint density at radius 1 is 1.39 bits per heavy atom. The van der Waals surface area contributed by atoms with Gasteiger partial charge in [0.2, 0.25) is 5.95 Å². The van der Waals surface area contributed by atoms with Crippen molar-refractivity contribution < 1.29 is 9.90 Å². The molecule has 1 aromatic carbocycles. The minimum Gasteiger partial charge on any atom is -0.480 e. The minimum atomic E-state index is -0.939. The molecule has 1 fully saturated rings. The molecule has 6 N–H and O–H groups in total. The maximum absolute atomic E-state index is 12.5. The van der Waals surface area contributed by atoms with Gasteiger partial charge in [-0.15, -0.1) is 0 Å². The van der Waals surface area contributed by atoms with Gasteiger partial charge in [-0.25, -0.2) is 4.98 Å². The number of carbonyl (C=O) groups is 1. The van der Waals surface area contributed by atoms with Crippen LogP contribution >= 0.6 is 23.2 Å². The SMILES string of the molecule is N=Cc1nc(NCc2ccc(Cl)c(Cl)c2)[nH]c(=O)c1NC1CNC(C(=O)O)C1. The van der Waals surface area contributed by atoms with Gasteiger partial charge in [-0.05, 0) is 24.1 Å². The highest BCUT2D eigenvalue weighted by molar-refractivity contribution is 6.42. The summed E-state index contributed by atoms with van der Waals surface area (Å²) in [5, 5.41) is 26.3. The smallest absolute Gasteiger partial charge is 0.320 e. The predicted molar refractivity (Wildman–Crippen MR) is 108 cm³/mol. The molecule has 3 rings (SSSR count). The Hall–Kier alpha value is -2.62. The Morgan fingerprint density at radius 2 is 2.18 bits per heavy atom. The van der Waals surface area contributed by atoms with E-state index in [0.717, 1.165) is 11.8 Å². The molecular weight excluding hydrogens is 407 g/mol. The van der Waals surface area contributed by atoms with Gasteiger partial charge in [-0.2, -0.15) is 0 Å². The molecule has 1 aromatic heterocycles. The zero-order chi connectivity index (χ0) is 20.3. The summed E-state index contributed by atoms with van der Waals surface area (Å²) in [5.41, 5.74) is 0.670. The lowest BCUT2D eigenvalue weighted by Crippen LogP contribution is -2.30. The van der Waals surface area contributed by atoms with Crippen molar-refractivity contribution in [3.63, 3.8) is 0 Å². The summed E-state index contributed by atoms with van der Waals surface area (Å²) in [6.07, 6.45) is 1.29. The van der Waals surface area contributed by atoms with Gasteiger partial charge in [0.25, 0.3) is 5.56 Å². The van der Waals surface area contributed by atoms with Crippen LogP contribution in [0.25, 0.3) is 0 Å². The number of halogens is 2. The van der Waals surface area contributed by atoms with Gasteiger partial charge < -0.3 is 26.5 Å². The van der Waals surface area contributed by atoms with E-state index in [2.05, 4.69) is 25.9 Å². The molecule has 0 bridgehead atoms. The van der Waals surface area contributed by atoms with Crippen molar-refractivity contribution in [2.24, 2.45) is 0 Å². The van der Waals surface area contributed by atoms with Crippen LogP contribution in [-0.2, 0) is 11.3 Å². The number of H-pyrrole nitrogens is 1. The van der Waals surface area contributed by atoms with Gasteiger partial charge in [-0.1, -0.05) is 29.3 Å². The number of nitrogens with zero attached hydrogens (tertiary/aromatic N) is 1. The van der Waals surface area contributed by atoms with E-state index in [9.17, 15) is 9.59 Å². The highest BCUT2D eigenvalue weighted by Crippen LogP contribution is 2.23. The number of hydrogen-bond acceptors (Lipinski definition) is 7. The number of hydrogen-bond donors (Lipinski definition) is 6. The fourth-order valence-corrected chi connectivity index (χ4v) is 3.21. The van der Waals surface area contributed by atoms with Gasteiger partial charge in [0, 0.05) is 25.3 Å². The van der Waals surface area contributed by atoms with Crippen molar-refractivity contribution in [2.75, 3.05) is 17.2 Å². The van der Waals surface area contributed by atoms with E-state index in [1.807, 2.05) is 0 Å². The zero-order valence-electron chi connectivity index (χ0n) is 14.6. The van der Waals surface area contributed by atoms with E-state index in [4.69, 9.17) is 33.7 Å². The number of nitrogens with one attached hydrogen (secondary N) is 5. The minimum absolute atomic E-state index is 0.132. The van der Waals surface area contributed by atoms with Crippen molar-refractivity contribution in [1.29, 1.82) is 5.41 Å². The summed E-state index contributed by atoms with van der Waals surface area (Å²) in [4.78, 5) is 30.3. The molecule has 1 aliphatic rings. The number of aromatic nitrogens is 2. The normalized spacial score (nSPS) is 18.6. The van der Waals surface area contributed by atoms with Crippen molar-refractivity contribution >= 4 is 47.0 Å². The lowest BCUT2D eigenvalue weighted by Gasteiger charge is -2.15. The molecule has 2 atom stereocenters. The average molecular weight is 425 g/mol. The van der Waals surface area contributed by atoms with E-state index in [1.165, 1.54) is 0 Å². The van der Waals surface area contributed by atoms with Crippen molar-refractivity contribution in [3.05, 3.63) is 49.9 Å². The van der Waals surface area contributed by atoms with Crippen molar-refractivity contribution in [1.82, 2.24) is 15.3 Å². The first-order chi connectivity index (χ1) is 13.4. The molecule has 0 aliphatic carbocycles. The number of rotatable bonds is 7. The molecule has 1 saturated heterocycles. The molecule has 0 amide bonds. The number of carboxylic acid groups (broad SMARTS) is 1. The lowest BCUT2D eigenvalue weighted by molar-refractivity contribution is -0.139. The summed E-state index contributed by atoms with van der Waals surface area (Å²) in [5.74, 6) is -0.737. The average Bonchev–Trinajstić information content (AvgIpc) is 3.13. The van der Waals surface area contributed by atoms with Gasteiger partial charge in [-0.3, -0.25) is 14.6 Å². The van der Waals surface area contributed by atoms with Crippen LogP contribution in [0, 0.1) is 5.41 Å². The Kier molecular flexibility index (Phi) is 6.18. The van der Waals surface area contributed by atoms with E-state index in [0.29, 0.717) is 29.6 Å². The van der Waals surface area contributed by atoms with Crippen LogP contribution < -0.4 is 21.5 Å². The second kappa shape index (κ2) is 8.59. The molecule has 11 heteroatoms. The molecule has 1 aliphatic heterocycles. The highest BCUT2D eigenvalue weighted by atomic mass is 35.5. The second-order valence-corrected chi connectivity index (χ2v) is 7.11. The number of benzene rings is 1. The monoisotopic (exact) mass is 424 g/mol. The fourth-order valence-electron chi connectivity index (χ4n) is 2.89. The third-order valence-electron chi connectivity index (χ3n) is 4.31. The Bertz CT molecular complexity index is 964. The fraction of sp³-hybridized carbons (Fsp3) is 0.294. The third kappa shape index (κ3) is 4.61. The Labute approximate surface area is 170 Å². The van der Waals surface area contributed by atoms with Gasteiger partial charge in [0.1, 0.15) is 17.4 Å². The van der Waals surface area contributed by atoms with Crippen LogP contribution in [0.4, 0.5) is 11.6 Å². The molecule has 28 heavy (non-hydrogen) atoms. The van der Waals surface area contributed by atoms with Gasteiger partial charge in [0.05, 0.1) is 10.0 Å². The van der Waals surface area contributed by atoms with Crippen LogP contribution in [0.15, 0.2) is 23.0 Å². The number of aliphatic carboxylic acids is 1. The van der Waals surface area contributed by atoms with E-state index in [1.54, 1.807) is 18.2 Å². The largest absolute Gasteiger partial charge is 0.480 e. The predicted octanol–water partition coefficient (Wildman–Crippen LogP) is 1.91. The van der Waals surface area contributed by atoms with Crippen LogP contribution in [0.3, 0.4) is 0 Å². The maximum atomic E-state index is 12.5. The maximum Gasteiger partial charge on any atom is 0.320 e. The molecule has 148 valence electrons. The number of anilines is 2. The molecule has 2 heterocycles. The van der Waals surface area contributed by atoms with E-state index < -0.39 is 17.6 Å². The second-order valence-electron chi connectivity index (χ2n) is 6.30. The van der Waals surface area contributed by atoms with Gasteiger partial charge in [0.15, 0.2) is 0 Å². The van der Waals surface area contributed by atoms with Crippen molar-refractivity contribution in [2.45, 2.75) is 25.0 Å². The summed E-state index contributed by atoms with van der Waals surface area (Å²) >= 11 is 11.9. The van der Waals surface area contributed by atoms with Crippen LogP contribution in [0.2, 0.25) is 10.0 Å². The van der Waals surface area contributed by atoms with Crippen LogP contribution in [-0.4, -0.2) is 45.9 Å². The summed E-state index contributed by atoms with van der Waals surface area (Å²) in [7, 11) is 0. The highest BCUT2D eigenvalue weighted by Gasteiger charge is 2.30. The lowest BCUT2D eigenvalue weighted by atomic mass is 10.1. The Balaban J connectivity index is 1.72. The summed E-state index contributed by atoms with van der Waals surface area (Å²) in [6.45, 7) is 0.738. The molecule has 0 spiro atoms. The first-order valence-electron chi connectivity index (χ1n) is 8.42. The van der Waals surface area contributed by atoms with Crippen LogP contribution in [0.1, 0.15) is 17.7 Å². The van der Waals surface area contributed by atoms with E-state index >= 15 is 0 Å². The third-order valence-corrected chi connectivity index (χ3v) is 5.04. The zero-order valence-corrected chi connectivity index (χ0v) is 16.1. The molecule has 9 nitrogen and oxygen atoms in total. The quantitative estimate of drug-likeness (QED) is 0.372. The standard InChI is InChI=1S/C17H18Cl2N6O3/c18-10-2-1-8(3-11(10)19)6-22-17-24-13(5-20)14(15(26)25-17)23-9-4-12(16(27)28)21-7-9/h1-3,5,9,12,20-21,23H,4,6-7H2,(H,27,28)(H2,22,24,25,26). The molecule has 0 saturated carbocycles. The molecule has 2 aromatic rings. The first-order valence-corrected chi connectivity index (χ1v) is 9.18. The Morgan fingerprint density at radius 3 is 2.82 bits per heavy atom. The van der Waals surface area contributed by atoms with E-state index in [-0.39, 0.29) is 23.4 Å². The topological polar surface area (TPSA) is 143 Å².